The van der Waals surface area contributed by atoms with Crippen molar-refractivity contribution in [1.29, 1.82) is 0 Å². The Kier molecular flexibility index (Phi) is 4.56. The van der Waals surface area contributed by atoms with E-state index < -0.39 is 0 Å². The second kappa shape index (κ2) is 6.17. The van der Waals surface area contributed by atoms with Crippen molar-refractivity contribution in [3.63, 3.8) is 0 Å². The van der Waals surface area contributed by atoms with Crippen molar-refractivity contribution >= 4 is 5.78 Å². The molecule has 1 aromatic rings. The number of ketones is 1. The predicted molar refractivity (Wildman–Crippen MR) is 72.5 cm³/mol. The Morgan fingerprint density at radius 2 is 2.22 bits per heavy atom. The molecule has 1 aromatic heterocycles. The van der Waals surface area contributed by atoms with Gasteiger partial charge in [0.1, 0.15) is 5.78 Å². The molecule has 0 aromatic carbocycles. The van der Waals surface area contributed by atoms with Crippen molar-refractivity contribution in [3.8, 4) is 0 Å². The van der Waals surface area contributed by atoms with Crippen molar-refractivity contribution in [2.24, 2.45) is 5.92 Å². The molecule has 0 spiro atoms. The molecule has 3 nitrogen and oxygen atoms in total. The molecule has 0 N–H and O–H groups in total. The summed E-state index contributed by atoms with van der Waals surface area (Å²) < 4.78 is 2.07. The van der Waals surface area contributed by atoms with Crippen LogP contribution in [0.4, 0.5) is 0 Å². The smallest absolute Gasteiger partial charge is 0.141 e. The molecule has 1 atom stereocenters. The molecule has 100 valence electrons. The molecule has 3 heteroatoms. The van der Waals surface area contributed by atoms with Crippen LogP contribution in [-0.4, -0.2) is 15.6 Å². The Labute approximate surface area is 110 Å². The van der Waals surface area contributed by atoms with Gasteiger partial charge in [-0.3, -0.25) is 9.48 Å². The predicted octanol–water partition coefficient (Wildman–Crippen LogP) is 3.55. The fourth-order valence-corrected chi connectivity index (χ4v) is 2.79. The minimum absolute atomic E-state index is 0.173. The number of nitrogens with zero attached hydrogens (tertiary/aromatic N) is 2. The van der Waals surface area contributed by atoms with E-state index in [-0.39, 0.29) is 5.92 Å². The van der Waals surface area contributed by atoms with E-state index in [1.807, 2.05) is 19.2 Å². The Morgan fingerprint density at radius 3 is 2.89 bits per heavy atom. The largest absolute Gasteiger partial charge is 0.299 e. The number of carbonyl (C=O) groups excluding carboxylic acids is 1. The molecule has 1 heterocycles. The summed E-state index contributed by atoms with van der Waals surface area (Å²) in [5.41, 5.74) is 0.940. The third-order valence-corrected chi connectivity index (χ3v) is 3.99. The fraction of sp³-hybridized carbons (Fsp3) is 0.733. The maximum absolute atomic E-state index is 12.0. The highest BCUT2D eigenvalue weighted by Crippen LogP contribution is 2.28. The first-order valence-electron chi connectivity index (χ1n) is 7.27. The summed E-state index contributed by atoms with van der Waals surface area (Å²) in [4.78, 5) is 12.0. The average molecular weight is 248 g/mol. The van der Waals surface area contributed by atoms with Gasteiger partial charge in [-0.25, -0.2) is 0 Å². The molecule has 0 bridgehead atoms. The number of carbonyl (C=O) groups is 1. The summed E-state index contributed by atoms with van der Waals surface area (Å²) in [6, 6.07) is 2.58. The molecule has 1 aliphatic rings. The minimum atomic E-state index is 0.173. The number of hydrogen-bond donors (Lipinski definition) is 0. The first kappa shape index (κ1) is 13.3. The Balaban J connectivity index is 1.91. The van der Waals surface area contributed by atoms with Crippen LogP contribution in [0.5, 0.6) is 0 Å². The Bertz CT molecular complexity index is 391. The minimum Gasteiger partial charge on any atom is -0.299 e. The molecular formula is C15H24N2O. The van der Waals surface area contributed by atoms with Crippen LogP contribution < -0.4 is 0 Å². The molecule has 0 radical (unpaired) electrons. The third kappa shape index (κ3) is 3.21. The van der Waals surface area contributed by atoms with Crippen LogP contribution in [0.15, 0.2) is 12.3 Å². The molecule has 0 amide bonds. The topological polar surface area (TPSA) is 34.9 Å². The molecule has 1 unspecified atom stereocenters. The number of Topliss-reactive ketones (excluding diaryl/α,β-unsaturated/α-hetero) is 1. The Hall–Kier alpha value is -1.12. The van der Waals surface area contributed by atoms with E-state index in [0.29, 0.717) is 18.2 Å². The van der Waals surface area contributed by atoms with Gasteiger partial charge < -0.3 is 0 Å². The lowest BCUT2D eigenvalue weighted by Gasteiger charge is -2.09. The van der Waals surface area contributed by atoms with Gasteiger partial charge in [-0.05, 0) is 25.3 Å². The Morgan fingerprint density at radius 1 is 1.50 bits per heavy atom. The van der Waals surface area contributed by atoms with Gasteiger partial charge in [-0.2, -0.15) is 5.10 Å². The van der Waals surface area contributed by atoms with E-state index in [9.17, 15) is 4.79 Å². The van der Waals surface area contributed by atoms with Crippen molar-refractivity contribution in [3.05, 3.63) is 18.0 Å². The first-order valence-corrected chi connectivity index (χ1v) is 7.27. The van der Waals surface area contributed by atoms with Crippen molar-refractivity contribution in [2.45, 2.75) is 64.8 Å². The lowest BCUT2D eigenvalue weighted by Crippen LogP contribution is -2.14. The van der Waals surface area contributed by atoms with Gasteiger partial charge in [0.25, 0.3) is 0 Å². The van der Waals surface area contributed by atoms with Gasteiger partial charge in [-0.15, -0.1) is 0 Å². The van der Waals surface area contributed by atoms with Gasteiger partial charge in [0.2, 0.25) is 0 Å². The van der Waals surface area contributed by atoms with Gasteiger partial charge in [0, 0.05) is 12.1 Å². The average Bonchev–Trinajstić information content (AvgIpc) is 2.98. The van der Waals surface area contributed by atoms with Crippen LogP contribution in [0, 0.1) is 5.92 Å². The van der Waals surface area contributed by atoms with Crippen LogP contribution in [0.25, 0.3) is 0 Å². The zero-order valence-corrected chi connectivity index (χ0v) is 11.6. The van der Waals surface area contributed by atoms with Crippen molar-refractivity contribution in [1.82, 2.24) is 9.78 Å². The monoisotopic (exact) mass is 248 g/mol. The van der Waals surface area contributed by atoms with Crippen LogP contribution in [0.2, 0.25) is 0 Å². The van der Waals surface area contributed by atoms with Crippen molar-refractivity contribution in [2.75, 3.05) is 0 Å². The number of hydrogen-bond acceptors (Lipinski definition) is 2. The van der Waals surface area contributed by atoms with E-state index in [4.69, 9.17) is 0 Å². The second-order valence-electron chi connectivity index (χ2n) is 5.56. The SMILES string of the molecule is CCCC(C)C(=O)Cc1ccn(C2CCCC2)n1. The van der Waals surface area contributed by atoms with E-state index in [1.165, 1.54) is 25.7 Å². The molecule has 1 saturated carbocycles. The van der Waals surface area contributed by atoms with Gasteiger partial charge in [-0.1, -0.05) is 33.1 Å². The van der Waals surface area contributed by atoms with E-state index >= 15 is 0 Å². The molecule has 1 fully saturated rings. The zero-order chi connectivity index (χ0) is 13.0. The van der Waals surface area contributed by atoms with Crippen LogP contribution in [0.3, 0.4) is 0 Å². The van der Waals surface area contributed by atoms with Crippen LogP contribution >= 0.6 is 0 Å². The van der Waals surface area contributed by atoms with Gasteiger partial charge in [0.15, 0.2) is 0 Å². The van der Waals surface area contributed by atoms with Gasteiger partial charge in [0.05, 0.1) is 18.2 Å². The summed E-state index contributed by atoms with van der Waals surface area (Å²) in [5.74, 6) is 0.500. The van der Waals surface area contributed by atoms with E-state index in [1.54, 1.807) is 0 Å². The van der Waals surface area contributed by atoms with Crippen LogP contribution in [0.1, 0.15) is 64.1 Å². The summed E-state index contributed by atoms with van der Waals surface area (Å²) in [5, 5.41) is 4.57. The highest BCUT2D eigenvalue weighted by molar-refractivity contribution is 5.82. The summed E-state index contributed by atoms with van der Waals surface area (Å²) >= 11 is 0. The number of aromatic nitrogens is 2. The summed E-state index contributed by atoms with van der Waals surface area (Å²) in [6.45, 7) is 4.15. The number of rotatable bonds is 6. The second-order valence-corrected chi connectivity index (χ2v) is 5.56. The quantitative estimate of drug-likeness (QED) is 0.771. The molecular weight excluding hydrogens is 224 g/mol. The molecule has 18 heavy (non-hydrogen) atoms. The third-order valence-electron chi connectivity index (χ3n) is 3.99. The lowest BCUT2D eigenvalue weighted by molar-refractivity contribution is -0.121. The molecule has 0 saturated heterocycles. The maximum atomic E-state index is 12.0. The summed E-state index contributed by atoms with van der Waals surface area (Å²) in [6.07, 6.45) is 9.71. The first-order chi connectivity index (χ1) is 8.70. The normalized spacial score (nSPS) is 18.1. The van der Waals surface area contributed by atoms with Crippen LogP contribution in [-0.2, 0) is 11.2 Å². The van der Waals surface area contributed by atoms with Crippen molar-refractivity contribution < 1.29 is 4.79 Å². The lowest BCUT2D eigenvalue weighted by atomic mass is 9.98. The molecule has 2 rings (SSSR count). The maximum Gasteiger partial charge on any atom is 0.141 e. The highest BCUT2D eigenvalue weighted by atomic mass is 16.1. The van der Waals surface area contributed by atoms with E-state index in [2.05, 4.69) is 16.7 Å². The molecule has 1 aliphatic carbocycles. The molecule has 0 aliphatic heterocycles. The summed E-state index contributed by atoms with van der Waals surface area (Å²) in [7, 11) is 0. The van der Waals surface area contributed by atoms with E-state index in [0.717, 1.165) is 18.5 Å². The highest BCUT2D eigenvalue weighted by Gasteiger charge is 2.19. The fourth-order valence-electron chi connectivity index (χ4n) is 2.79. The zero-order valence-electron chi connectivity index (χ0n) is 11.6. The standard InChI is InChI=1S/C15H24N2O/c1-3-6-12(2)15(18)11-13-9-10-17(16-13)14-7-4-5-8-14/h9-10,12,14H,3-8,11H2,1-2H3. The van der Waals surface area contributed by atoms with Gasteiger partial charge >= 0.3 is 0 Å².